The standard InChI is InChI=1S/C18H18N2O/c1-12-3-8-15-16(18(12)19)9-10-20-17(15)11-13-4-6-14(21-2)7-5-13/h3-10H,11,19H2,1-2H3. The molecular formula is C18H18N2O. The van der Waals surface area contributed by atoms with E-state index in [1.165, 1.54) is 5.56 Å². The molecule has 0 saturated carbocycles. The highest BCUT2D eigenvalue weighted by molar-refractivity contribution is 5.95. The Morgan fingerprint density at radius 2 is 1.76 bits per heavy atom. The summed E-state index contributed by atoms with van der Waals surface area (Å²) in [6.07, 6.45) is 2.61. The third-order valence-corrected chi connectivity index (χ3v) is 3.82. The second kappa shape index (κ2) is 5.44. The number of nitrogens with zero attached hydrogens (tertiary/aromatic N) is 1. The SMILES string of the molecule is COc1ccc(Cc2nccc3c(N)c(C)ccc23)cc1. The van der Waals surface area contributed by atoms with Crippen LogP contribution < -0.4 is 10.5 Å². The molecule has 0 atom stereocenters. The molecule has 0 aliphatic rings. The minimum Gasteiger partial charge on any atom is -0.497 e. The number of nitrogen functional groups attached to an aromatic ring is 1. The predicted molar refractivity (Wildman–Crippen MR) is 86.7 cm³/mol. The van der Waals surface area contributed by atoms with Gasteiger partial charge in [-0.3, -0.25) is 4.98 Å². The lowest BCUT2D eigenvalue weighted by Gasteiger charge is -2.10. The van der Waals surface area contributed by atoms with E-state index in [0.29, 0.717) is 0 Å². The van der Waals surface area contributed by atoms with Gasteiger partial charge in [-0.05, 0) is 36.2 Å². The van der Waals surface area contributed by atoms with Crippen molar-refractivity contribution in [1.82, 2.24) is 4.98 Å². The van der Waals surface area contributed by atoms with Gasteiger partial charge in [-0.15, -0.1) is 0 Å². The van der Waals surface area contributed by atoms with Crippen LogP contribution in [-0.4, -0.2) is 12.1 Å². The minimum atomic E-state index is 0.782. The maximum absolute atomic E-state index is 6.17. The summed E-state index contributed by atoms with van der Waals surface area (Å²) in [5.41, 5.74) is 10.4. The number of aryl methyl sites for hydroxylation is 1. The van der Waals surface area contributed by atoms with Crippen LogP contribution in [0.15, 0.2) is 48.7 Å². The third-order valence-electron chi connectivity index (χ3n) is 3.82. The Morgan fingerprint density at radius 1 is 1.00 bits per heavy atom. The number of rotatable bonds is 3. The zero-order valence-corrected chi connectivity index (χ0v) is 12.3. The number of hydrogen-bond donors (Lipinski definition) is 1. The molecule has 0 aliphatic carbocycles. The molecule has 0 radical (unpaired) electrons. The molecule has 1 aromatic heterocycles. The molecule has 0 bridgehead atoms. The van der Waals surface area contributed by atoms with E-state index in [4.69, 9.17) is 10.5 Å². The Morgan fingerprint density at radius 3 is 2.48 bits per heavy atom. The summed E-state index contributed by atoms with van der Waals surface area (Å²) < 4.78 is 5.19. The van der Waals surface area contributed by atoms with Gasteiger partial charge in [0, 0.05) is 29.1 Å². The van der Waals surface area contributed by atoms with Gasteiger partial charge >= 0.3 is 0 Å². The summed E-state index contributed by atoms with van der Waals surface area (Å²) >= 11 is 0. The van der Waals surface area contributed by atoms with Crippen LogP contribution in [0.4, 0.5) is 5.69 Å². The molecule has 1 heterocycles. The Bertz CT molecular complexity index is 779. The molecule has 3 nitrogen and oxygen atoms in total. The monoisotopic (exact) mass is 278 g/mol. The van der Waals surface area contributed by atoms with E-state index in [1.807, 2.05) is 31.3 Å². The molecule has 0 spiro atoms. The molecule has 0 aliphatic heterocycles. The number of methoxy groups -OCH3 is 1. The maximum atomic E-state index is 6.17. The zero-order valence-electron chi connectivity index (χ0n) is 12.3. The van der Waals surface area contributed by atoms with Crippen LogP contribution in [0, 0.1) is 6.92 Å². The fourth-order valence-corrected chi connectivity index (χ4v) is 2.53. The van der Waals surface area contributed by atoms with Gasteiger partial charge in [-0.2, -0.15) is 0 Å². The van der Waals surface area contributed by atoms with Crippen molar-refractivity contribution in [2.24, 2.45) is 0 Å². The Kier molecular flexibility index (Phi) is 3.48. The van der Waals surface area contributed by atoms with Crippen LogP contribution in [0.1, 0.15) is 16.8 Å². The Hall–Kier alpha value is -2.55. The predicted octanol–water partition coefficient (Wildman–Crippen LogP) is 3.72. The number of anilines is 1. The van der Waals surface area contributed by atoms with Gasteiger partial charge < -0.3 is 10.5 Å². The average molecular weight is 278 g/mol. The highest BCUT2D eigenvalue weighted by Gasteiger charge is 2.07. The Balaban J connectivity index is 2.02. The number of nitrogens with two attached hydrogens (primary N) is 1. The van der Waals surface area contributed by atoms with Crippen LogP contribution in [0.3, 0.4) is 0 Å². The highest BCUT2D eigenvalue weighted by Crippen LogP contribution is 2.27. The van der Waals surface area contributed by atoms with E-state index in [0.717, 1.165) is 39.9 Å². The first-order chi connectivity index (χ1) is 10.2. The molecule has 3 heteroatoms. The second-order valence-electron chi connectivity index (χ2n) is 5.17. The van der Waals surface area contributed by atoms with Gasteiger partial charge in [0.1, 0.15) is 5.75 Å². The van der Waals surface area contributed by atoms with E-state index < -0.39 is 0 Å². The van der Waals surface area contributed by atoms with Crippen molar-refractivity contribution in [3.63, 3.8) is 0 Å². The Labute approximate surface area is 124 Å². The maximum Gasteiger partial charge on any atom is 0.118 e. The van der Waals surface area contributed by atoms with E-state index in [2.05, 4.69) is 29.2 Å². The van der Waals surface area contributed by atoms with Gasteiger partial charge in [0.15, 0.2) is 0 Å². The summed E-state index contributed by atoms with van der Waals surface area (Å²) in [4.78, 5) is 4.53. The average Bonchev–Trinajstić information content (AvgIpc) is 2.52. The lowest BCUT2D eigenvalue weighted by Crippen LogP contribution is -1.97. The molecule has 106 valence electrons. The lowest BCUT2D eigenvalue weighted by atomic mass is 10.0. The molecule has 0 amide bonds. The molecule has 0 unspecified atom stereocenters. The van der Waals surface area contributed by atoms with E-state index in [1.54, 1.807) is 7.11 Å². The topological polar surface area (TPSA) is 48.1 Å². The van der Waals surface area contributed by atoms with Crippen LogP contribution in [0.2, 0.25) is 0 Å². The summed E-state index contributed by atoms with van der Waals surface area (Å²) in [6, 6.07) is 14.2. The van der Waals surface area contributed by atoms with Crippen molar-refractivity contribution < 1.29 is 4.74 Å². The first kappa shape index (κ1) is 13.4. The van der Waals surface area contributed by atoms with Crippen molar-refractivity contribution in [2.45, 2.75) is 13.3 Å². The van der Waals surface area contributed by atoms with Crippen molar-refractivity contribution in [2.75, 3.05) is 12.8 Å². The third kappa shape index (κ3) is 2.55. The van der Waals surface area contributed by atoms with E-state index in [-0.39, 0.29) is 0 Å². The summed E-state index contributed by atoms with van der Waals surface area (Å²) in [7, 11) is 1.67. The van der Waals surface area contributed by atoms with Crippen molar-refractivity contribution in [1.29, 1.82) is 0 Å². The highest BCUT2D eigenvalue weighted by atomic mass is 16.5. The van der Waals surface area contributed by atoms with Crippen LogP contribution in [0.5, 0.6) is 5.75 Å². The summed E-state index contributed by atoms with van der Waals surface area (Å²) in [5, 5.41) is 2.20. The van der Waals surface area contributed by atoms with Gasteiger partial charge in [0.05, 0.1) is 12.8 Å². The molecule has 0 saturated heterocycles. The molecule has 2 N–H and O–H groups in total. The molecule has 2 aromatic carbocycles. The number of aromatic nitrogens is 1. The molecule has 3 aromatic rings. The van der Waals surface area contributed by atoms with Gasteiger partial charge in [0.2, 0.25) is 0 Å². The number of benzene rings is 2. The fourth-order valence-electron chi connectivity index (χ4n) is 2.53. The van der Waals surface area contributed by atoms with Crippen molar-refractivity contribution in [3.05, 3.63) is 65.5 Å². The number of fused-ring (bicyclic) bond motifs is 1. The smallest absolute Gasteiger partial charge is 0.118 e. The zero-order chi connectivity index (χ0) is 14.8. The molecule has 3 rings (SSSR count). The van der Waals surface area contributed by atoms with E-state index in [9.17, 15) is 0 Å². The largest absolute Gasteiger partial charge is 0.497 e. The first-order valence-corrected chi connectivity index (χ1v) is 6.94. The summed E-state index contributed by atoms with van der Waals surface area (Å²) in [6.45, 7) is 2.03. The van der Waals surface area contributed by atoms with Gasteiger partial charge in [-0.25, -0.2) is 0 Å². The normalized spacial score (nSPS) is 10.8. The van der Waals surface area contributed by atoms with Crippen LogP contribution in [-0.2, 0) is 6.42 Å². The van der Waals surface area contributed by atoms with Gasteiger partial charge in [-0.1, -0.05) is 24.3 Å². The van der Waals surface area contributed by atoms with Crippen molar-refractivity contribution in [3.8, 4) is 5.75 Å². The number of hydrogen-bond acceptors (Lipinski definition) is 3. The molecular weight excluding hydrogens is 260 g/mol. The lowest BCUT2D eigenvalue weighted by molar-refractivity contribution is 0.414. The number of pyridine rings is 1. The minimum absolute atomic E-state index is 0.782. The van der Waals surface area contributed by atoms with Gasteiger partial charge in [0.25, 0.3) is 0 Å². The number of ether oxygens (including phenoxy) is 1. The molecule has 21 heavy (non-hydrogen) atoms. The summed E-state index contributed by atoms with van der Waals surface area (Å²) in [5.74, 6) is 0.865. The fraction of sp³-hybridized carbons (Fsp3) is 0.167. The quantitative estimate of drug-likeness (QED) is 0.743. The van der Waals surface area contributed by atoms with Crippen LogP contribution >= 0.6 is 0 Å². The van der Waals surface area contributed by atoms with Crippen LogP contribution in [0.25, 0.3) is 10.8 Å². The van der Waals surface area contributed by atoms with E-state index >= 15 is 0 Å². The molecule has 0 fully saturated rings. The van der Waals surface area contributed by atoms with Crippen molar-refractivity contribution >= 4 is 16.5 Å². The second-order valence-corrected chi connectivity index (χ2v) is 5.17. The first-order valence-electron chi connectivity index (χ1n) is 6.94.